The fraction of sp³-hybridized carbons (Fsp3) is 0.571. The Bertz CT molecular complexity index is 560. The van der Waals surface area contributed by atoms with Gasteiger partial charge in [-0.25, -0.2) is 8.42 Å². The van der Waals surface area contributed by atoms with Gasteiger partial charge in [0, 0.05) is 6.26 Å². The van der Waals surface area contributed by atoms with Crippen LogP contribution in [0.3, 0.4) is 0 Å². The van der Waals surface area contributed by atoms with Crippen molar-refractivity contribution in [2.45, 2.75) is 31.1 Å². The third-order valence-electron chi connectivity index (χ3n) is 3.69. The molecule has 1 aliphatic rings. The van der Waals surface area contributed by atoms with Crippen LogP contribution in [-0.2, 0) is 16.3 Å². The summed E-state index contributed by atoms with van der Waals surface area (Å²) in [4.78, 5) is 0.355. The Morgan fingerprint density at radius 3 is 2.74 bits per heavy atom. The minimum Gasteiger partial charge on any atom is -0.508 e. The average Bonchev–Trinajstić information content (AvgIpc) is 2.33. The quantitative estimate of drug-likeness (QED) is 0.885. The number of aryl methyl sites for hydroxylation is 1. The standard InChI is InChI=1S/C14H21NO3S/c1-10-6-14(19(2,17)18)12(8-13(10)16)7-11-4-3-5-15-9-11/h6,8,11,15-16H,3-5,7,9H2,1-2H3. The van der Waals surface area contributed by atoms with Gasteiger partial charge in [-0.05, 0) is 68.5 Å². The van der Waals surface area contributed by atoms with Gasteiger partial charge in [0.2, 0.25) is 0 Å². The van der Waals surface area contributed by atoms with Gasteiger partial charge in [0.25, 0.3) is 0 Å². The SMILES string of the molecule is Cc1cc(S(C)(=O)=O)c(CC2CCCNC2)cc1O. The summed E-state index contributed by atoms with van der Waals surface area (Å²) >= 11 is 0. The van der Waals surface area contributed by atoms with E-state index in [1.807, 2.05) is 0 Å². The number of phenolic OH excluding ortho intramolecular Hbond substituents is 1. The van der Waals surface area contributed by atoms with E-state index in [0.29, 0.717) is 22.8 Å². The van der Waals surface area contributed by atoms with Gasteiger partial charge in [-0.2, -0.15) is 0 Å². The third kappa shape index (κ3) is 3.48. The lowest BCUT2D eigenvalue weighted by Gasteiger charge is -2.23. The minimum absolute atomic E-state index is 0.172. The predicted molar refractivity (Wildman–Crippen MR) is 75.3 cm³/mol. The Balaban J connectivity index is 2.34. The number of aromatic hydroxyl groups is 1. The molecule has 0 aromatic heterocycles. The molecule has 1 aliphatic heterocycles. The molecule has 0 aliphatic carbocycles. The second-order valence-electron chi connectivity index (χ2n) is 5.44. The van der Waals surface area contributed by atoms with Crippen molar-refractivity contribution < 1.29 is 13.5 Å². The van der Waals surface area contributed by atoms with Crippen LogP contribution in [-0.4, -0.2) is 32.9 Å². The summed E-state index contributed by atoms with van der Waals surface area (Å²) in [6.07, 6.45) is 4.15. The first-order chi connectivity index (χ1) is 8.88. The Hall–Kier alpha value is -1.07. The molecule has 0 saturated carbocycles. The summed E-state index contributed by atoms with van der Waals surface area (Å²) in [6, 6.07) is 3.19. The van der Waals surface area contributed by atoms with Crippen molar-refractivity contribution in [3.05, 3.63) is 23.3 Å². The van der Waals surface area contributed by atoms with Crippen molar-refractivity contribution >= 4 is 9.84 Å². The molecule has 1 unspecified atom stereocenters. The van der Waals surface area contributed by atoms with E-state index >= 15 is 0 Å². The Kier molecular flexibility index (Phi) is 4.16. The normalized spacial score (nSPS) is 20.4. The fourth-order valence-electron chi connectivity index (χ4n) is 2.63. The molecule has 5 heteroatoms. The predicted octanol–water partition coefficient (Wildman–Crippen LogP) is 1.65. The van der Waals surface area contributed by atoms with E-state index in [1.54, 1.807) is 19.1 Å². The molecular formula is C14H21NO3S. The summed E-state index contributed by atoms with van der Waals surface area (Å²) in [5, 5.41) is 13.1. The number of nitrogens with one attached hydrogen (secondary N) is 1. The molecule has 1 atom stereocenters. The van der Waals surface area contributed by atoms with E-state index in [-0.39, 0.29) is 5.75 Å². The van der Waals surface area contributed by atoms with Crippen molar-refractivity contribution in [1.82, 2.24) is 5.32 Å². The van der Waals surface area contributed by atoms with Crippen LogP contribution in [0.25, 0.3) is 0 Å². The number of hydrogen-bond acceptors (Lipinski definition) is 4. The van der Waals surface area contributed by atoms with Crippen LogP contribution in [0.4, 0.5) is 0 Å². The molecule has 4 nitrogen and oxygen atoms in total. The fourth-order valence-corrected chi connectivity index (χ4v) is 3.64. The molecule has 1 fully saturated rings. The first kappa shape index (κ1) is 14.3. The van der Waals surface area contributed by atoms with E-state index in [0.717, 1.165) is 31.5 Å². The summed E-state index contributed by atoms with van der Waals surface area (Å²) in [5.74, 6) is 0.613. The monoisotopic (exact) mass is 283 g/mol. The van der Waals surface area contributed by atoms with E-state index in [9.17, 15) is 13.5 Å². The molecule has 1 heterocycles. The zero-order valence-corrected chi connectivity index (χ0v) is 12.3. The molecule has 1 aromatic carbocycles. The summed E-state index contributed by atoms with van der Waals surface area (Å²) in [5.41, 5.74) is 1.34. The molecular weight excluding hydrogens is 262 g/mol. The molecule has 19 heavy (non-hydrogen) atoms. The maximum atomic E-state index is 11.9. The number of benzene rings is 1. The number of phenols is 1. The van der Waals surface area contributed by atoms with Crippen molar-refractivity contribution in [2.75, 3.05) is 19.3 Å². The molecule has 1 aromatic rings. The van der Waals surface area contributed by atoms with Crippen molar-refractivity contribution in [3.63, 3.8) is 0 Å². The number of hydrogen-bond donors (Lipinski definition) is 2. The highest BCUT2D eigenvalue weighted by Gasteiger charge is 2.20. The Morgan fingerprint density at radius 1 is 1.42 bits per heavy atom. The molecule has 106 valence electrons. The molecule has 0 spiro atoms. The number of sulfone groups is 1. The van der Waals surface area contributed by atoms with Gasteiger partial charge in [-0.15, -0.1) is 0 Å². The summed E-state index contributed by atoms with van der Waals surface area (Å²) < 4.78 is 23.7. The smallest absolute Gasteiger partial charge is 0.175 e. The Labute approximate surface area is 114 Å². The van der Waals surface area contributed by atoms with E-state index in [1.165, 1.54) is 6.26 Å². The van der Waals surface area contributed by atoms with Gasteiger partial charge in [-0.1, -0.05) is 0 Å². The highest BCUT2D eigenvalue weighted by atomic mass is 32.2. The zero-order valence-electron chi connectivity index (χ0n) is 11.4. The van der Waals surface area contributed by atoms with Crippen molar-refractivity contribution in [2.24, 2.45) is 5.92 Å². The lowest BCUT2D eigenvalue weighted by Crippen LogP contribution is -2.31. The lowest BCUT2D eigenvalue weighted by atomic mass is 9.92. The van der Waals surface area contributed by atoms with Gasteiger partial charge in [-0.3, -0.25) is 0 Å². The topological polar surface area (TPSA) is 66.4 Å². The molecule has 0 amide bonds. The average molecular weight is 283 g/mol. The summed E-state index contributed by atoms with van der Waals surface area (Å²) in [6.45, 7) is 3.67. The van der Waals surface area contributed by atoms with Crippen LogP contribution < -0.4 is 5.32 Å². The van der Waals surface area contributed by atoms with Crippen LogP contribution in [0.15, 0.2) is 17.0 Å². The summed E-state index contributed by atoms with van der Waals surface area (Å²) in [7, 11) is -3.26. The largest absolute Gasteiger partial charge is 0.508 e. The van der Waals surface area contributed by atoms with Gasteiger partial charge in [0.1, 0.15) is 5.75 Å². The third-order valence-corrected chi connectivity index (χ3v) is 4.87. The van der Waals surface area contributed by atoms with Gasteiger partial charge in [0.05, 0.1) is 4.90 Å². The van der Waals surface area contributed by atoms with E-state index in [2.05, 4.69) is 5.32 Å². The van der Waals surface area contributed by atoms with Crippen LogP contribution in [0, 0.1) is 12.8 Å². The van der Waals surface area contributed by atoms with E-state index < -0.39 is 9.84 Å². The maximum absolute atomic E-state index is 11.9. The zero-order chi connectivity index (χ0) is 14.0. The number of rotatable bonds is 3. The molecule has 0 radical (unpaired) electrons. The lowest BCUT2D eigenvalue weighted by molar-refractivity contribution is 0.373. The Morgan fingerprint density at radius 2 is 2.16 bits per heavy atom. The highest BCUT2D eigenvalue weighted by Crippen LogP contribution is 2.28. The van der Waals surface area contributed by atoms with Crippen molar-refractivity contribution in [3.8, 4) is 5.75 Å². The van der Waals surface area contributed by atoms with Crippen LogP contribution in [0.5, 0.6) is 5.75 Å². The minimum atomic E-state index is -3.26. The molecule has 0 bridgehead atoms. The van der Waals surface area contributed by atoms with Gasteiger partial charge in [0.15, 0.2) is 9.84 Å². The highest BCUT2D eigenvalue weighted by molar-refractivity contribution is 7.90. The number of piperidine rings is 1. The van der Waals surface area contributed by atoms with Crippen molar-refractivity contribution in [1.29, 1.82) is 0 Å². The first-order valence-corrected chi connectivity index (χ1v) is 8.50. The molecule has 2 N–H and O–H groups in total. The van der Waals surface area contributed by atoms with Gasteiger partial charge >= 0.3 is 0 Å². The van der Waals surface area contributed by atoms with Crippen LogP contribution in [0.1, 0.15) is 24.0 Å². The molecule has 1 saturated heterocycles. The van der Waals surface area contributed by atoms with Gasteiger partial charge < -0.3 is 10.4 Å². The maximum Gasteiger partial charge on any atom is 0.175 e. The van der Waals surface area contributed by atoms with Crippen LogP contribution in [0.2, 0.25) is 0 Å². The molecule has 2 rings (SSSR count). The van der Waals surface area contributed by atoms with E-state index in [4.69, 9.17) is 0 Å². The second-order valence-corrected chi connectivity index (χ2v) is 7.42. The van der Waals surface area contributed by atoms with Crippen LogP contribution >= 0.6 is 0 Å². The second kappa shape index (κ2) is 5.51. The first-order valence-electron chi connectivity index (χ1n) is 6.61.